The molecule has 2 atom stereocenters. The Morgan fingerprint density at radius 2 is 2.00 bits per heavy atom. The Labute approximate surface area is 197 Å². The number of rotatable bonds is 3. The van der Waals surface area contributed by atoms with E-state index < -0.39 is 0 Å². The average molecular weight is 458 g/mol. The van der Waals surface area contributed by atoms with Crippen molar-refractivity contribution in [1.82, 2.24) is 9.97 Å². The van der Waals surface area contributed by atoms with Crippen LogP contribution in [-0.4, -0.2) is 23.7 Å². The molecule has 3 aromatic carbocycles. The summed E-state index contributed by atoms with van der Waals surface area (Å²) in [7, 11) is 1.73. The molecular weight excluding hydrogens is 430 g/mol. The van der Waals surface area contributed by atoms with Crippen LogP contribution in [0, 0.1) is 12.8 Å². The van der Waals surface area contributed by atoms with Crippen LogP contribution < -0.4 is 14.8 Å². The van der Waals surface area contributed by atoms with Gasteiger partial charge in [0.25, 0.3) is 0 Å². The second-order valence-corrected chi connectivity index (χ2v) is 10.6. The number of nitrogens with one attached hydrogen (secondary N) is 2. The van der Waals surface area contributed by atoms with Crippen LogP contribution in [0.1, 0.15) is 36.6 Å². The van der Waals surface area contributed by atoms with Crippen LogP contribution >= 0.6 is 11.8 Å². The predicted molar refractivity (Wildman–Crippen MR) is 133 cm³/mol. The molecule has 168 valence electrons. The number of imidazole rings is 1. The molecule has 0 fully saturated rings. The topological polar surface area (TPSA) is 59.2 Å². The number of methoxy groups -OCH3 is 1. The van der Waals surface area contributed by atoms with Crippen molar-refractivity contribution in [2.24, 2.45) is 5.92 Å². The van der Waals surface area contributed by atoms with Gasteiger partial charge in [-0.1, -0.05) is 37.7 Å². The second-order valence-electron chi connectivity index (χ2n) is 9.51. The molecule has 4 aromatic rings. The van der Waals surface area contributed by atoms with E-state index >= 15 is 0 Å². The zero-order valence-corrected chi connectivity index (χ0v) is 20.0. The van der Waals surface area contributed by atoms with E-state index in [1.54, 1.807) is 18.9 Å². The van der Waals surface area contributed by atoms with Crippen LogP contribution in [0.25, 0.3) is 11.0 Å². The van der Waals surface area contributed by atoms with Crippen LogP contribution in [0.5, 0.6) is 11.5 Å². The van der Waals surface area contributed by atoms with Gasteiger partial charge in [-0.25, -0.2) is 4.98 Å². The third-order valence-electron chi connectivity index (χ3n) is 7.13. The molecule has 0 saturated carbocycles. The Balaban J connectivity index is 1.37. The van der Waals surface area contributed by atoms with Crippen molar-refractivity contribution in [3.05, 3.63) is 71.3 Å². The summed E-state index contributed by atoms with van der Waals surface area (Å²) in [5, 5.41) is 4.72. The first-order chi connectivity index (χ1) is 15.9. The fourth-order valence-corrected chi connectivity index (χ4v) is 6.12. The highest BCUT2D eigenvalue weighted by molar-refractivity contribution is 7.99. The summed E-state index contributed by atoms with van der Waals surface area (Å²) >= 11 is 1.67. The second kappa shape index (κ2) is 7.45. The van der Waals surface area contributed by atoms with Gasteiger partial charge in [-0.15, -0.1) is 0 Å². The molecule has 0 bridgehead atoms. The summed E-state index contributed by atoms with van der Waals surface area (Å²) in [6.45, 7) is 7.42. The molecule has 0 saturated heterocycles. The van der Waals surface area contributed by atoms with Crippen molar-refractivity contribution >= 4 is 28.5 Å². The maximum Gasteiger partial charge on any atom is 0.171 e. The lowest BCUT2D eigenvalue weighted by molar-refractivity contribution is 0.133. The van der Waals surface area contributed by atoms with Crippen molar-refractivity contribution in [2.45, 2.75) is 42.3 Å². The van der Waals surface area contributed by atoms with Crippen LogP contribution in [0.15, 0.2) is 64.6 Å². The molecule has 0 spiro atoms. The molecule has 33 heavy (non-hydrogen) atoms. The first-order valence-electron chi connectivity index (χ1n) is 11.3. The van der Waals surface area contributed by atoms with E-state index in [0.29, 0.717) is 6.61 Å². The highest BCUT2D eigenvalue weighted by Gasteiger charge is 2.47. The van der Waals surface area contributed by atoms with E-state index in [1.165, 1.54) is 21.7 Å². The largest absolute Gasteiger partial charge is 0.496 e. The van der Waals surface area contributed by atoms with Crippen LogP contribution in [0.2, 0.25) is 0 Å². The minimum absolute atomic E-state index is 0.0780. The van der Waals surface area contributed by atoms with E-state index in [9.17, 15) is 0 Å². The van der Waals surface area contributed by atoms with Crippen molar-refractivity contribution < 1.29 is 9.47 Å². The van der Waals surface area contributed by atoms with Crippen LogP contribution in [-0.2, 0) is 5.41 Å². The first kappa shape index (κ1) is 20.5. The molecule has 5 nitrogen and oxygen atoms in total. The van der Waals surface area contributed by atoms with Gasteiger partial charge in [0.1, 0.15) is 11.5 Å². The molecule has 0 unspecified atom stereocenters. The number of nitrogens with zero attached hydrogens (tertiary/aromatic N) is 1. The Morgan fingerprint density at radius 3 is 2.85 bits per heavy atom. The molecule has 2 aliphatic rings. The van der Waals surface area contributed by atoms with E-state index in [0.717, 1.165) is 33.3 Å². The van der Waals surface area contributed by atoms with Gasteiger partial charge in [0.15, 0.2) is 5.16 Å². The summed E-state index contributed by atoms with van der Waals surface area (Å²) in [6.07, 6.45) is 0. The zero-order chi connectivity index (χ0) is 22.7. The monoisotopic (exact) mass is 457 g/mol. The normalized spacial score (nSPS) is 20.2. The minimum Gasteiger partial charge on any atom is -0.496 e. The highest BCUT2D eigenvalue weighted by atomic mass is 32.2. The number of aromatic nitrogens is 2. The number of benzene rings is 3. The van der Waals surface area contributed by atoms with E-state index in [-0.39, 0.29) is 17.4 Å². The number of fused-ring (bicyclic) bond motifs is 5. The fourth-order valence-electron chi connectivity index (χ4n) is 5.28. The number of anilines is 1. The summed E-state index contributed by atoms with van der Waals surface area (Å²) in [5.41, 5.74) is 6.82. The number of aryl methyl sites for hydroxylation is 1. The number of hydrogen-bond acceptors (Lipinski definition) is 5. The van der Waals surface area contributed by atoms with Gasteiger partial charge in [0.05, 0.1) is 36.4 Å². The Hall–Kier alpha value is -3.12. The number of aromatic amines is 1. The van der Waals surface area contributed by atoms with E-state index in [4.69, 9.17) is 14.5 Å². The molecular formula is C27H27N3O2S. The van der Waals surface area contributed by atoms with Crippen molar-refractivity contribution in [3.63, 3.8) is 0 Å². The van der Waals surface area contributed by atoms with Gasteiger partial charge >= 0.3 is 0 Å². The van der Waals surface area contributed by atoms with Crippen molar-refractivity contribution in [1.29, 1.82) is 0 Å². The minimum atomic E-state index is -0.0780. The molecule has 6 rings (SSSR count). The Bertz CT molecular complexity index is 1360. The van der Waals surface area contributed by atoms with Gasteiger partial charge in [-0.3, -0.25) is 0 Å². The van der Waals surface area contributed by atoms with Gasteiger partial charge in [0, 0.05) is 21.9 Å². The van der Waals surface area contributed by atoms with Gasteiger partial charge in [0.2, 0.25) is 0 Å². The molecule has 0 radical (unpaired) electrons. The summed E-state index contributed by atoms with van der Waals surface area (Å²) in [5.74, 6) is 2.07. The molecule has 2 N–H and O–H groups in total. The fraction of sp³-hybridized carbons (Fsp3) is 0.296. The third-order valence-corrected chi connectivity index (χ3v) is 8.01. The standard InChI is InChI=1S/C27H27N3O2S/c1-15-8-10-20-21(12-15)30-26(29-20)33-16-9-11-19-17(13-16)27(2,3)18-14-32-23-7-5-6-22(31-4)24(23)25(18)28-19/h5-13,18,25,28H,14H2,1-4H3,(H,29,30)/t18-,25-/m0/s1. The molecule has 2 aliphatic heterocycles. The lowest BCUT2D eigenvalue weighted by Gasteiger charge is -2.48. The van der Waals surface area contributed by atoms with Gasteiger partial charge < -0.3 is 19.8 Å². The lowest BCUT2D eigenvalue weighted by atomic mass is 9.65. The van der Waals surface area contributed by atoms with Gasteiger partial charge in [-0.2, -0.15) is 0 Å². The maximum absolute atomic E-state index is 6.22. The van der Waals surface area contributed by atoms with Crippen LogP contribution in [0.4, 0.5) is 5.69 Å². The zero-order valence-electron chi connectivity index (χ0n) is 19.2. The SMILES string of the molecule is COc1cccc2c1[C@H]1Nc3ccc(Sc4nc5ccc(C)cc5[nH]4)cc3C(C)(C)[C@H]1CO2. The molecule has 1 aromatic heterocycles. The van der Waals surface area contributed by atoms with Crippen LogP contribution in [0.3, 0.4) is 0 Å². The van der Waals surface area contributed by atoms with Crippen molar-refractivity contribution in [3.8, 4) is 11.5 Å². The molecule has 0 amide bonds. The van der Waals surface area contributed by atoms with E-state index in [2.05, 4.69) is 67.5 Å². The predicted octanol–water partition coefficient (Wildman–Crippen LogP) is 6.48. The number of ether oxygens (including phenoxy) is 2. The maximum atomic E-state index is 6.22. The van der Waals surface area contributed by atoms with Crippen molar-refractivity contribution in [2.75, 3.05) is 19.0 Å². The smallest absolute Gasteiger partial charge is 0.171 e. The summed E-state index contributed by atoms with van der Waals surface area (Å²) in [4.78, 5) is 9.40. The highest BCUT2D eigenvalue weighted by Crippen LogP contribution is 2.54. The number of H-pyrrole nitrogens is 1. The summed E-state index contributed by atoms with van der Waals surface area (Å²) in [6, 6.07) is 19.2. The van der Waals surface area contributed by atoms with Gasteiger partial charge in [-0.05, 0) is 60.5 Å². The molecule has 3 heterocycles. The molecule has 6 heteroatoms. The quantitative estimate of drug-likeness (QED) is 0.368. The number of hydrogen-bond donors (Lipinski definition) is 2. The Kier molecular flexibility index (Phi) is 4.63. The lowest BCUT2D eigenvalue weighted by Crippen LogP contribution is -2.46. The summed E-state index contributed by atoms with van der Waals surface area (Å²) < 4.78 is 11.9. The Morgan fingerprint density at radius 1 is 1.12 bits per heavy atom. The molecule has 0 aliphatic carbocycles. The average Bonchev–Trinajstić information content (AvgIpc) is 3.20. The third kappa shape index (κ3) is 3.27. The first-order valence-corrected chi connectivity index (χ1v) is 12.1. The van der Waals surface area contributed by atoms with E-state index in [1.807, 2.05) is 18.2 Å².